The molecule has 8 heteroatoms. The Kier molecular flexibility index (Phi) is 3.86. The number of carbonyl (C=O) groups excluding carboxylic acids is 1. The van der Waals surface area contributed by atoms with Crippen molar-refractivity contribution in [1.29, 1.82) is 0 Å². The summed E-state index contributed by atoms with van der Waals surface area (Å²) in [6.45, 7) is 2.43. The van der Waals surface area contributed by atoms with E-state index in [9.17, 15) is 13.2 Å². The summed E-state index contributed by atoms with van der Waals surface area (Å²) in [7, 11) is -3.01. The van der Waals surface area contributed by atoms with Gasteiger partial charge in [-0.15, -0.1) is 5.10 Å². The van der Waals surface area contributed by atoms with Crippen LogP contribution < -0.4 is 0 Å². The summed E-state index contributed by atoms with van der Waals surface area (Å²) >= 11 is 0. The minimum absolute atomic E-state index is 0.0602. The van der Waals surface area contributed by atoms with Gasteiger partial charge < -0.3 is 4.90 Å². The van der Waals surface area contributed by atoms with E-state index in [0.29, 0.717) is 13.0 Å². The predicted octanol–water partition coefficient (Wildman–Crippen LogP) is 0.467. The second-order valence-corrected chi connectivity index (χ2v) is 7.70. The second kappa shape index (κ2) is 5.68. The summed E-state index contributed by atoms with van der Waals surface area (Å²) in [4.78, 5) is 14.2. The van der Waals surface area contributed by atoms with Crippen molar-refractivity contribution in [1.82, 2.24) is 19.9 Å². The van der Waals surface area contributed by atoms with Crippen LogP contribution in [0.2, 0.25) is 0 Å². The Balaban J connectivity index is 1.78. The number of nitrogens with zero attached hydrogens (tertiary/aromatic N) is 4. The maximum Gasteiger partial charge on any atom is 0.244 e. The van der Waals surface area contributed by atoms with Gasteiger partial charge in [-0.25, -0.2) is 13.1 Å². The van der Waals surface area contributed by atoms with Crippen LogP contribution in [0.4, 0.5) is 0 Å². The fourth-order valence-corrected chi connectivity index (χ4v) is 4.64. The molecule has 0 spiro atoms. The van der Waals surface area contributed by atoms with Crippen molar-refractivity contribution in [2.45, 2.75) is 25.9 Å². The first-order valence-electron chi connectivity index (χ1n) is 7.28. The van der Waals surface area contributed by atoms with Gasteiger partial charge in [0.15, 0.2) is 9.84 Å². The van der Waals surface area contributed by atoms with E-state index in [4.69, 9.17) is 0 Å². The smallest absolute Gasteiger partial charge is 0.244 e. The molecular formula is C14H18N4O3S. The molecule has 118 valence electrons. The number of likely N-dealkylation sites (N-methyl/N-ethyl adjacent to an activating group) is 1. The van der Waals surface area contributed by atoms with Gasteiger partial charge in [0.05, 0.1) is 17.0 Å². The molecule has 0 bridgehead atoms. The van der Waals surface area contributed by atoms with Gasteiger partial charge in [0.1, 0.15) is 12.1 Å². The molecule has 1 fully saturated rings. The number of sulfone groups is 1. The lowest BCUT2D eigenvalue weighted by molar-refractivity contribution is -0.133. The van der Waals surface area contributed by atoms with Crippen LogP contribution in [0.3, 0.4) is 0 Å². The monoisotopic (exact) mass is 322 g/mol. The lowest BCUT2D eigenvalue weighted by Crippen LogP contribution is -2.42. The zero-order valence-electron chi connectivity index (χ0n) is 12.3. The van der Waals surface area contributed by atoms with Gasteiger partial charge in [-0.05, 0) is 25.5 Å². The minimum Gasteiger partial charge on any atom is -0.337 e. The van der Waals surface area contributed by atoms with E-state index in [1.807, 2.05) is 31.2 Å². The molecule has 0 radical (unpaired) electrons. The summed E-state index contributed by atoms with van der Waals surface area (Å²) in [5.74, 6) is 0.0959. The Hall–Kier alpha value is -1.96. The van der Waals surface area contributed by atoms with Gasteiger partial charge in [0.25, 0.3) is 0 Å². The Morgan fingerprint density at radius 3 is 2.86 bits per heavy atom. The molecule has 1 aliphatic heterocycles. The maximum absolute atomic E-state index is 12.5. The zero-order valence-corrected chi connectivity index (χ0v) is 13.2. The van der Waals surface area contributed by atoms with E-state index in [0.717, 1.165) is 11.0 Å². The van der Waals surface area contributed by atoms with Crippen LogP contribution in [0.5, 0.6) is 0 Å². The molecule has 22 heavy (non-hydrogen) atoms. The first-order chi connectivity index (χ1) is 10.5. The molecule has 3 rings (SSSR count). The molecule has 2 aromatic rings. The van der Waals surface area contributed by atoms with Gasteiger partial charge >= 0.3 is 0 Å². The molecule has 1 aromatic carbocycles. The molecule has 1 aliphatic rings. The average Bonchev–Trinajstić information content (AvgIpc) is 3.04. The number of para-hydroxylation sites is 1. The lowest BCUT2D eigenvalue weighted by atomic mass is 10.2. The first kappa shape index (κ1) is 15.0. The second-order valence-electron chi connectivity index (χ2n) is 5.47. The summed E-state index contributed by atoms with van der Waals surface area (Å²) in [5.41, 5.74) is 1.53. The van der Waals surface area contributed by atoms with Crippen LogP contribution in [0, 0.1) is 0 Å². The van der Waals surface area contributed by atoms with Crippen molar-refractivity contribution in [3.63, 3.8) is 0 Å². The van der Waals surface area contributed by atoms with Crippen LogP contribution in [0.1, 0.15) is 13.3 Å². The van der Waals surface area contributed by atoms with Crippen molar-refractivity contribution in [3.8, 4) is 0 Å². The van der Waals surface area contributed by atoms with Crippen molar-refractivity contribution < 1.29 is 13.2 Å². The van der Waals surface area contributed by atoms with Crippen LogP contribution in [0.15, 0.2) is 24.3 Å². The minimum atomic E-state index is -3.01. The number of rotatable bonds is 4. The van der Waals surface area contributed by atoms with Crippen LogP contribution in [-0.4, -0.2) is 58.3 Å². The number of carbonyl (C=O) groups is 1. The molecule has 1 amide bonds. The third kappa shape index (κ3) is 2.83. The molecular weight excluding hydrogens is 304 g/mol. The quantitative estimate of drug-likeness (QED) is 0.817. The summed E-state index contributed by atoms with van der Waals surface area (Å²) in [6.07, 6.45) is 0.514. The van der Waals surface area contributed by atoms with E-state index < -0.39 is 9.84 Å². The Morgan fingerprint density at radius 1 is 1.41 bits per heavy atom. The lowest BCUT2D eigenvalue weighted by Gasteiger charge is -2.26. The molecule has 0 N–H and O–H groups in total. The van der Waals surface area contributed by atoms with Gasteiger partial charge in [0.2, 0.25) is 5.91 Å². The number of aromatic nitrogens is 3. The highest BCUT2D eigenvalue weighted by Crippen LogP contribution is 2.18. The molecule has 2 heterocycles. The molecule has 7 nitrogen and oxygen atoms in total. The fourth-order valence-electron chi connectivity index (χ4n) is 2.91. The highest BCUT2D eigenvalue weighted by Gasteiger charge is 2.34. The van der Waals surface area contributed by atoms with Crippen LogP contribution >= 0.6 is 0 Å². The van der Waals surface area contributed by atoms with Gasteiger partial charge in [0, 0.05) is 12.6 Å². The number of benzene rings is 1. The van der Waals surface area contributed by atoms with Gasteiger partial charge in [-0.3, -0.25) is 4.79 Å². The standard InChI is InChI=1S/C14H18N4O3S/c1-2-17(11-7-8-22(20,21)10-11)14(19)9-18-13-6-4-3-5-12(13)15-16-18/h3-6,11H,2,7-10H2,1H3. The largest absolute Gasteiger partial charge is 0.337 e. The summed E-state index contributed by atoms with van der Waals surface area (Å²) < 4.78 is 24.8. The topological polar surface area (TPSA) is 85.2 Å². The predicted molar refractivity (Wildman–Crippen MR) is 82.0 cm³/mol. The van der Waals surface area contributed by atoms with Gasteiger partial charge in [-0.2, -0.15) is 0 Å². The van der Waals surface area contributed by atoms with Gasteiger partial charge in [-0.1, -0.05) is 17.3 Å². The summed E-state index contributed by atoms with van der Waals surface area (Å²) in [6, 6.07) is 7.21. The highest BCUT2D eigenvalue weighted by molar-refractivity contribution is 7.91. The number of hydrogen-bond donors (Lipinski definition) is 0. The van der Waals surface area contributed by atoms with Crippen molar-refractivity contribution in [2.24, 2.45) is 0 Å². The van der Waals surface area contributed by atoms with Crippen molar-refractivity contribution in [2.75, 3.05) is 18.1 Å². The van der Waals surface area contributed by atoms with Crippen LogP contribution in [0.25, 0.3) is 11.0 Å². The molecule has 1 saturated heterocycles. The summed E-state index contributed by atoms with van der Waals surface area (Å²) in [5, 5.41) is 8.03. The SMILES string of the molecule is CCN(C(=O)Cn1nnc2ccccc21)C1CCS(=O)(=O)C1. The Bertz CT molecular complexity index is 799. The maximum atomic E-state index is 12.5. The number of hydrogen-bond acceptors (Lipinski definition) is 5. The van der Waals surface area contributed by atoms with E-state index >= 15 is 0 Å². The average molecular weight is 322 g/mol. The highest BCUT2D eigenvalue weighted by atomic mass is 32.2. The third-order valence-electron chi connectivity index (χ3n) is 4.02. The molecule has 0 saturated carbocycles. The Labute approximate surface area is 128 Å². The molecule has 1 aromatic heterocycles. The van der Waals surface area contributed by atoms with Crippen LogP contribution in [-0.2, 0) is 21.2 Å². The molecule has 1 unspecified atom stereocenters. The van der Waals surface area contributed by atoms with Crippen molar-refractivity contribution in [3.05, 3.63) is 24.3 Å². The zero-order chi connectivity index (χ0) is 15.7. The Morgan fingerprint density at radius 2 is 2.18 bits per heavy atom. The number of fused-ring (bicyclic) bond motifs is 1. The van der Waals surface area contributed by atoms with Crippen molar-refractivity contribution >= 4 is 26.8 Å². The van der Waals surface area contributed by atoms with E-state index in [1.165, 1.54) is 0 Å². The first-order valence-corrected chi connectivity index (χ1v) is 9.10. The number of amides is 1. The molecule has 1 atom stereocenters. The van der Waals surface area contributed by atoms with E-state index in [2.05, 4.69) is 10.3 Å². The fraction of sp³-hybridized carbons (Fsp3) is 0.500. The normalized spacial score (nSPS) is 20.3. The molecule has 0 aliphatic carbocycles. The van der Waals surface area contributed by atoms with E-state index in [1.54, 1.807) is 9.58 Å². The third-order valence-corrected chi connectivity index (χ3v) is 5.77. The van der Waals surface area contributed by atoms with E-state index in [-0.39, 0.29) is 30.0 Å².